The highest BCUT2D eigenvalue weighted by molar-refractivity contribution is 4.82. The first-order valence-electron chi connectivity index (χ1n) is 5.17. The summed E-state index contributed by atoms with van der Waals surface area (Å²) in [5, 5.41) is 3.38. The van der Waals surface area contributed by atoms with Crippen LogP contribution in [0.1, 0.15) is 38.5 Å². The highest BCUT2D eigenvalue weighted by Crippen LogP contribution is 2.30. The molecule has 1 saturated carbocycles. The second-order valence-corrected chi connectivity index (χ2v) is 4.17. The van der Waals surface area contributed by atoms with Crippen LogP contribution in [0.15, 0.2) is 0 Å². The summed E-state index contributed by atoms with van der Waals surface area (Å²) in [6.45, 7) is 2.62. The van der Waals surface area contributed by atoms with E-state index in [4.69, 9.17) is 0 Å². The molecule has 2 aliphatic rings. The van der Waals surface area contributed by atoms with Gasteiger partial charge in [0.05, 0.1) is 0 Å². The van der Waals surface area contributed by atoms with Gasteiger partial charge in [0.15, 0.2) is 0 Å². The lowest BCUT2D eigenvalue weighted by molar-refractivity contribution is 0.213. The molecule has 11 heavy (non-hydrogen) atoms. The van der Waals surface area contributed by atoms with Gasteiger partial charge >= 0.3 is 0 Å². The molecule has 0 amide bonds. The molecule has 1 N–H and O–H groups in total. The van der Waals surface area contributed by atoms with Crippen molar-refractivity contribution in [2.75, 3.05) is 13.1 Å². The Morgan fingerprint density at radius 2 is 1.36 bits per heavy atom. The minimum atomic E-state index is 1.05. The van der Waals surface area contributed by atoms with E-state index in [9.17, 15) is 0 Å². The van der Waals surface area contributed by atoms with Crippen LogP contribution in [0, 0.1) is 11.8 Å². The normalized spacial score (nSPS) is 29.5. The summed E-state index contributed by atoms with van der Waals surface area (Å²) in [6.07, 6.45) is 9.04. The molecule has 1 aliphatic heterocycles. The maximum atomic E-state index is 3.38. The summed E-state index contributed by atoms with van der Waals surface area (Å²) in [6, 6.07) is 0. The van der Waals surface area contributed by atoms with E-state index >= 15 is 0 Å². The molecular weight excluding hydrogens is 134 g/mol. The fraction of sp³-hybridized carbons (Fsp3) is 1.00. The quantitative estimate of drug-likeness (QED) is 0.569. The smallest absolute Gasteiger partial charge is 0.000559 e. The van der Waals surface area contributed by atoms with Gasteiger partial charge in [0.2, 0.25) is 0 Å². The van der Waals surface area contributed by atoms with Crippen LogP contribution in [0.3, 0.4) is 0 Å². The zero-order valence-corrected chi connectivity index (χ0v) is 7.31. The summed E-state index contributed by atoms with van der Waals surface area (Å²) >= 11 is 0. The molecule has 64 valence electrons. The van der Waals surface area contributed by atoms with Crippen LogP contribution in [-0.2, 0) is 0 Å². The predicted octanol–water partition coefficient (Wildman–Crippen LogP) is 2.18. The van der Waals surface area contributed by atoms with Crippen molar-refractivity contribution in [1.29, 1.82) is 0 Å². The third kappa shape index (κ3) is 1.76. The fourth-order valence-electron chi connectivity index (χ4n) is 2.43. The van der Waals surface area contributed by atoms with Crippen LogP contribution in [-0.4, -0.2) is 13.1 Å². The monoisotopic (exact) mass is 153 g/mol. The van der Waals surface area contributed by atoms with Crippen LogP contribution in [0.25, 0.3) is 0 Å². The minimum Gasteiger partial charge on any atom is -0.316 e. The van der Waals surface area contributed by atoms with Crippen molar-refractivity contribution in [3.05, 3.63) is 0 Å². The van der Waals surface area contributed by atoms with Crippen LogP contribution in [0.4, 0.5) is 0 Å². The van der Waals surface area contributed by atoms with Crippen molar-refractivity contribution >= 4 is 0 Å². The van der Waals surface area contributed by atoms with Gasteiger partial charge in [0.1, 0.15) is 0 Å². The highest BCUT2D eigenvalue weighted by atomic mass is 14.9. The van der Waals surface area contributed by atoms with Gasteiger partial charge in [0.25, 0.3) is 0 Å². The third-order valence-corrected chi connectivity index (χ3v) is 3.38. The highest BCUT2D eigenvalue weighted by Gasteiger charge is 2.26. The van der Waals surface area contributed by atoms with Crippen molar-refractivity contribution in [2.45, 2.75) is 38.5 Å². The van der Waals surface area contributed by atoms with Crippen LogP contribution < -0.4 is 5.32 Å². The lowest BCUT2D eigenvalue weighted by Crippen LogP contribution is -2.46. The Balaban J connectivity index is 1.80. The van der Waals surface area contributed by atoms with E-state index in [-0.39, 0.29) is 0 Å². The molecule has 0 radical (unpaired) electrons. The van der Waals surface area contributed by atoms with Crippen molar-refractivity contribution in [2.24, 2.45) is 11.8 Å². The van der Waals surface area contributed by atoms with E-state index < -0.39 is 0 Å². The van der Waals surface area contributed by atoms with Crippen molar-refractivity contribution in [3.8, 4) is 0 Å². The maximum Gasteiger partial charge on any atom is -0.000559 e. The Labute approximate surface area is 69.6 Å². The number of hydrogen-bond acceptors (Lipinski definition) is 1. The number of rotatable bonds is 1. The lowest BCUT2D eigenvalue weighted by Gasteiger charge is -2.34. The van der Waals surface area contributed by atoms with E-state index in [1.165, 1.54) is 51.6 Å². The molecule has 0 aromatic heterocycles. The van der Waals surface area contributed by atoms with E-state index in [1.54, 1.807) is 0 Å². The number of hydrogen-bond donors (Lipinski definition) is 1. The zero-order valence-electron chi connectivity index (χ0n) is 7.31. The van der Waals surface area contributed by atoms with Gasteiger partial charge in [-0.1, -0.05) is 38.5 Å². The van der Waals surface area contributed by atoms with Crippen LogP contribution in [0.2, 0.25) is 0 Å². The van der Waals surface area contributed by atoms with Gasteiger partial charge in [-0.05, 0) is 24.9 Å². The largest absolute Gasteiger partial charge is 0.316 e. The van der Waals surface area contributed by atoms with Gasteiger partial charge in [-0.25, -0.2) is 0 Å². The van der Waals surface area contributed by atoms with Gasteiger partial charge < -0.3 is 5.32 Å². The molecular formula is C10H19N. The molecule has 1 heteroatoms. The van der Waals surface area contributed by atoms with Gasteiger partial charge in [-0.15, -0.1) is 0 Å². The zero-order chi connectivity index (χ0) is 7.52. The Hall–Kier alpha value is -0.0400. The molecule has 0 aromatic rings. The first-order valence-corrected chi connectivity index (χ1v) is 5.17. The molecule has 0 unspecified atom stereocenters. The number of nitrogens with one attached hydrogen (secondary N) is 1. The van der Waals surface area contributed by atoms with Crippen molar-refractivity contribution < 1.29 is 0 Å². The standard InChI is InChI=1S/C10H19N/c1-2-4-6-9(5-3-1)10-7-11-8-10/h9-11H,1-8H2. The topological polar surface area (TPSA) is 12.0 Å². The molecule has 2 fully saturated rings. The Morgan fingerprint density at radius 3 is 1.82 bits per heavy atom. The molecule has 0 atom stereocenters. The Morgan fingerprint density at radius 1 is 0.727 bits per heavy atom. The van der Waals surface area contributed by atoms with Crippen molar-refractivity contribution in [3.63, 3.8) is 0 Å². The van der Waals surface area contributed by atoms with Crippen LogP contribution >= 0.6 is 0 Å². The first-order chi connectivity index (χ1) is 5.47. The molecule has 0 spiro atoms. The van der Waals surface area contributed by atoms with E-state index in [1.807, 2.05) is 0 Å². The second kappa shape index (κ2) is 3.57. The van der Waals surface area contributed by atoms with E-state index in [0.717, 1.165) is 11.8 Å². The Kier molecular flexibility index (Phi) is 2.47. The maximum absolute atomic E-state index is 3.38. The average molecular weight is 153 g/mol. The molecule has 1 saturated heterocycles. The first kappa shape index (κ1) is 7.60. The molecule has 1 heterocycles. The van der Waals surface area contributed by atoms with Gasteiger partial charge in [0, 0.05) is 0 Å². The molecule has 0 aromatic carbocycles. The molecule has 1 aliphatic carbocycles. The van der Waals surface area contributed by atoms with Gasteiger partial charge in [-0.3, -0.25) is 0 Å². The van der Waals surface area contributed by atoms with Gasteiger partial charge in [-0.2, -0.15) is 0 Å². The van der Waals surface area contributed by atoms with Crippen molar-refractivity contribution in [1.82, 2.24) is 5.32 Å². The summed E-state index contributed by atoms with van der Waals surface area (Å²) in [5.41, 5.74) is 0. The average Bonchev–Trinajstić information content (AvgIpc) is 2.12. The van der Waals surface area contributed by atoms with E-state index in [0.29, 0.717) is 0 Å². The minimum absolute atomic E-state index is 1.05. The fourth-order valence-corrected chi connectivity index (χ4v) is 2.43. The summed E-state index contributed by atoms with van der Waals surface area (Å²) in [5.74, 6) is 2.13. The summed E-state index contributed by atoms with van der Waals surface area (Å²) < 4.78 is 0. The molecule has 2 rings (SSSR count). The second-order valence-electron chi connectivity index (χ2n) is 4.17. The third-order valence-electron chi connectivity index (χ3n) is 3.38. The predicted molar refractivity (Wildman–Crippen MR) is 47.6 cm³/mol. The van der Waals surface area contributed by atoms with E-state index in [2.05, 4.69) is 5.32 Å². The lowest BCUT2D eigenvalue weighted by atomic mass is 9.82. The molecule has 1 nitrogen and oxygen atoms in total. The summed E-state index contributed by atoms with van der Waals surface area (Å²) in [4.78, 5) is 0. The summed E-state index contributed by atoms with van der Waals surface area (Å²) in [7, 11) is 0. The molecule has 0 bridgehead atoms. The SMILES string of the molecule is C1CCCC(C2CNC2)CC1. The Bertz CT molecular complexity index is 110. The van der Waals surface area contributed by atoms with Crippen LogP contribution in [0.5, 0.6) is 0 Å².